The Morgan fingerprint density at radius 1 is 1.11 bits per heavy atom. The third-order valence-electron chi connectivity index (χ3n) is 3.30. The number of hydrogen-bond acceptors (Lipinski definition) is 1. The molecule has 3 rings (SSSR count). The van der Waals surface area contributed by atoms with E-state index in [0.29, 0.717) is 11.1 Å². The van der Waals surface area contributed by atoms with Crippen molar-refractivity contribution < 1.29 is 4.39 Å². The van der Waals surface area contributed by atoms with Crippen molar-refractivity contribution in [3.63, 3.8) is 0 Å². The number of rotatable bonds is 2. The minimum absolute atomic E-state index is 0.103. The second kappa shape index (κ2) is 4.39. The van der Waals surface area contributed by atoms with Crippen molar-refractivity contribution in [1.82, 2.24) is 9.13 Å². The van der Waals surface area contributed by atoms with Crippen LogP contribution in [0, 0.1) is 5.82 Å². The molecule has 0 saturated heterocycles. The molecule has 0 amide bonds. The molecule has 2 aromatic heterocycles. The summed E-state index contributed by atoms with van der Waals surface area (Å²) in [5.74, 6) is -0.290. The number of aryl methyl sites for hydroxylation is 1. The Kier molecular flexibility index (Phi) is 2.71. The van der Waals surface area contributed by atoms with Gasteiger partial charge in [0.1, 0.15) is 11.3 Å². The highest BCUT2D eigenvalue weighted by Crippen LogP contribution is 2.12. The third-order valence-corrected chi connectivity index (χ3v) is 3.30. The van der Waals surface area contributed by atoms with E-state index in [4.69, 9.17) is 0 Å². The Hall–Kier alpha value is -2.36. The molecule has 0 N–H and O–H groups in total. The second-order valence-corrected chi connectivity index (χ2v) is 4.57. The van der Waals surface area contributed by atoms with Gasteiger partial charge >= 0.3 is 0 Å². The van der Waals surface area contributed by atoms with Crippen molar-refractivity contribution in [3.8, 4) is 0 Å². The molecule has 1 aromatic carbocycles. The largest absolute Gasteiger partial charge is 0.346 e. The van der Waals surface area contributed by atoms with Crippen molar-refractivity contribution in [3.05, 3.63) is 70.5 Å². The summed E-state index contributed by atoms with van der Waals surface area (Å²) >= 11 is 0. The molecule has 0 unspecified atom stereocenters. The summed E-state index contributed by atoms with van der Waals surface area (Å²) in [6.07, 6.45) is 3.55. The van der Waals surface area contributed by atoms with Gasteiger partial charge in [0.25, 0.3) is 5.56 Å². The predicted molar refractivity (Wildman–Crippen MR) is 72.7 cm³/mol. The Morgan fingerprint density at radius 2 is 1.84 bits per heavy atom. The molecule has 3 nitrogen and oxygen atoms in total. The SMILES string of the molecule is Cn1ccc2ccn(Cc3ccccc3F)c(=O)c21. The molecular formula is C15H13FN2O. The minimum atomic E-state index is -0.290. The summed E-state index contributed by atoms with van der Waals surface area (Å²) in [7, 11) is 1.83. The number of fused-ring (bicyclic) bond motifs is 1. The highest BCUT2D eigenvalue weighted by Gasteiger charge is 2.08. The zero-order valence-electron chi connectivity index (χ0n) is 10.5. The van der Waals surface area contributed by atoms with Gasteiger partial charge in [0.05, 0.1) is 6.54 Å². The highest BCUT2D eigenvalue weighted by molar-refractivity contribution is 5.78. The number of aromatic nitrogens is 2. The van der Waals surface area contributed by atoms with Crippen LogP contribution in [0.2, 0.25) is 0 Å². The van der Waals surface area contributed by atoms with Gasteiger partial charge in [-0.05, 0) is 18.2 Å². The maximum absolute atomic E-state index is 13.6. The van der Waals surface area contributed by atoms with E-state index in [2.05, 4.69) is 0 Å². The monoisotopic (exact) mass is 256 g/mol. The van der Waals surface area contributed by atoms with Crippen LogP contribution in [0.4, 0.5) is 4.39 Å². The van der Waals surface area contributed by atoms with Gasteiger partial charge in [0.2, 0.25) is 0 Å². The van der Waals surface area contributed by atoms with Crippen LogP contribution < -0.4 is 5.56 Å². The van der Waals surface area contributed by atoms with E-state index in [1.165, 1.54) is 10.6 Å². The molecule has 0 atom stereocenters. The van der Waals surface area contributed by atoms with Gasteiger partial charge in [-0.25, -0.2) is 4.39 Å². The molecule has 0 aliphatic heterocycles. The van der Waals surface area contributed by atoms with Crippen LogP contribution >= 0.6 is 0 Å². The normalized spacial score (nSPS) is 11.1. The van der Waals surface area contributed by atoms with E-state index in [0.717, 1.165) is 5.39 Å². The van der Waals surface area contributed by atoms with Crippen LogP contribution in [-0.4, -0.2) is 9.13 Å². The first-order valence-corrected chi connectivity index (χ1v) is 6.05. The first-order chi connectivity index (χ1) is 9.16. The lowest BCUT2D eigenvalue weighted by molar-refractivity contribution is 0.596. The van der Waals surface area contributed by atoms with Gasteiger partial charge in [0.15, 0.2) is 0 Å². The first-order valence-electron chi connectivity index (χ1n) is 6.05. The van der Waals surface area contributed by atoms with Crippen LogP contribution in [0.15, 0.2) is 53.6 Å². The van der Waals surface area contributed by atoms with Crippen molar-refractivity contribution in [2.45, 2.75) is 6.54 Å². The second-order valence-electron chi connectivity index (χ2n) is 4.57. The quantitative estimate of drug-likeness (QED) is 0.692. The van der Waals surface area contributed by atoms with Gasteiger partial charge in [-0.1, -0.05) is 18.2 Å². The average molecular weight is 256 g/mol. The molecule has 0 bridgehead atoms. The number of halogens is 1. The van der Waals surface area contributed by atoms with Gasteiger partial charge in [-0.15, -0.1) is 0 Å². The van der Waals surface area contributed by atoms with Crippen LogP contribution in [0.3, 0.4) is 0 Å². The van der Waals surface area contributed by atoms with Gasteiger partial charge in [-0.3, -0.25) is 4.79 Å². The standard InChI is InChI=1S/C15H13FN2O/c1-17-8-6-11-7-9-18(15(19)14(11)17)10-12-4-2-3-5-13(12)16/h2-9H,10H2,1H3. The van der Waals surface area contributed by atoms with E-state index in [9.17, 15) is 9.18 Å². The maximum atomic E-state index is 13.6. The van der Waals surface area contributed by atoms with Crippen LogP contribution in [-0.2, 0) is 13.6 Å². The number of nitrogens with zero attached hydrogens (tertiary/aromatic N) is 2. The topological polar surface area (TPSA) is 26.9 Å². The van der Waals surface area contributed by atoms with E-state index < -0.39 is 0 Å². The van der Waals surface area contributed by atoms with Gasteiger partial charge < -0.3 is 9.13 Å². The Morgan fingerprint density at radius 3 is 2.63 bits per heavy atom. The van der Waals surface area contributed by atoms with Crippen LogP contribution in [0.5, 0.6) is 0 Å². The molecule has 0 radical (unpaired) electrons. The summed E-state index contributed by atoms with van der Waals surface area (Å²) in [6, 6.07) is 10.3. The molecule has 96 valence electrons. The molecule has 2 heterocycles. The highest BCUT2D eigenvalue weighted by atomic mass is 19.1. The van der Waals surface area contributed by atoms with E-state index in [1.807, 2.05) is 25.4 Å². The predicted octanol–water partition coefficient (Wildman–Crippen LogP) is 2.53. The van der Waals surface area contributed by atoms with Crippen LogP contribution in [0.1, 0.15) is 5.56 Å². The summed E-state index contributed by atoms with van der Waals surface area (Å²) in [5, 5.41) is 0.900. The Balaban J connectivity index is 2.12. The molecule has 0 fully saturated rings. The smallest absolute Gasteiger partial charge is 0.275 e. The van der Waals surface area contributed by atoms with E-state index >= 15 is 0 Å². The van der Waals surface area contributed by atoms with E-state index in [-0.39, 0.29) is 17.9 Å². The fraction of sp³-hybridized carbons (Fsp3) is 0.133. The van der Waals surface area contributed by atoms with Gasteiger partial charge in [-0.2, -0.15) is 0 Å². The summed E-state index contributed by atoms with van der Waals surface area (Å²) in [6.45, 7) is 0.243. The fourth-order valence-corrected chi connectivity index (χ4v) is 2.27. The lowest BCUT2D eigenvalue weighted by Gasteiger charge is -2.07. The molecule has 19 heavy (non-hydrogen) atoms. The molecule has 4 heteroatoms. The summed E-state index contributed by atoms with van der Waals surface area (Å²) < 4.78 is 16.9. The molecule has 3 aromatic rings. The number of hydrogen-bond donors (Lipinski definition) is 0. The molecule has 0 spiro atoms. The van der Waals surface area contributed by atoms with Gasteiger partial charge in [0, 0.05) is 30.4 Å². The molecule has 0 saturated carbocycles. The lowest BCUT2D eigenvalue weighted by Crippen LogP contribution is -2.21. The number of benzene rings is 1. The molecular weight excluding hydrogens is 243 g/mol. The Bertz CT molecular complexity index is 801. The van der Waals surface area contributed by atoms with E-state index in [1.54, 1.807) is 29.0 Å². The third kappa shape index (κ3) is 1.95. The molecule has 0 aliphatic carbocycles. The lowest BCUT2D eigenvalue weighted by atomic mass is 10.2. The Labute approximate surface area is 109 Å². The summed E-state index contributed by atoms with van der Waals surface area (Å²) in [4.78, 5) is 12.3. The molecule has 0 aliphatic rings. The van der Waals surface area contributed by atoms with Crippen LogP contribution in [0.25, 0.3) is 10.9 Å². The van der Waals surface area contributed by atoms with Crippen molar-refractivity contribution in [2.24, 2.45) is 7.05 Å². The number of pyridine rings is 1. The fourth-order valence-electron chi connectivity index (χ4n) is 2.27. The van der Waals surface area contributed by atoms with Crippen molar-refractivity contribution in [1.29, 1.82) is 0 Å². The zero-order chi connectivity index (χ0) is 13.4. The summed E-state index contributed by atoms with van der Waals surface area (Å²) in [5.41, 5.74) is 1.05. The first kappa shape index (κ1) is 11.7. The van der Waals surface area contributed by atoms with Crippen molar-refractivity contribution >= 4 is 10.9 Å². The maximum Gasteiger partial charge on any atom is 0.275 e. The average Bonchev–Trinajstić information content (AvgIpc) is 2.78. The minimum Gasteiger partial charge on any atom is -0.346 e. The van der Waals surface area contributed by atoms with Crippen molar-refractivity contribution in [2.75, 3.05) is 0 Å². The zero-order valence-corrected chi connectivity index (χ0v) is 10.5.